The molecule has 2 N–H and O–H groups in total. The number of aromatic nitrogens is 1. The second-order valence-electron chi connectivity index (χ2n) is 4.59. The summed E-state index contributed by atoms with van der Waals surface area (Å²) in [7, 11) is 0. The number of carbonyl (C=O) groups is 1. The fraction of sp³-hybridized carbons (Fsp3) is 0.385. The van der Waals surface area contributed by atoms with Crippen molar-refractivity contribution >= 4 is 22.7 Å². The zero-order valence-electron chi connectivity index (χ0n) is 10.2. The third-order valence-corrected chi connectivity index (χ3v) is 3.19. The molecule has 5 heteroatoms. The molecule has 1 saturated heterocycles. The summed E-state index contributed by atoms with van der Waals surface area (Å²) < 4.78 is 5.44. The first-order chi connectivity index (χ1) is 8.72. The van der Waals surface area contributed by atoms with Crippen molar-refractivity contribution in [3.8, 4) is 0 Å². The Hall–Kier alpha value is -1.88. The topological polar surface area (TPSA) is 67.2 Å². The third kappa shape index (κ3) is 2.09. The molecule has 0 bridgehead atoms. The van der Waals surface area contributed by atoms with Gasteiger partial charge in [0.2, 0.25) is 5.91 Å². The molecule has 2 aromatic rings. The van der Waals surface area contributed by atoms with E-state index in [4.69, 9.17) is 4.42 Å². The lowest BCUT2D eigenvalue weighted by Gasteiger charge is -2.09. The number of hydrogen-bond donors (Lipinski definition) is 2. The Morgan fingerprint density at radius 3 is 3.22 bits per heavy atom. The van der Waals surface area contributed by atoms with E-state index >= 15 is 0 Å². The molecule has 3 rings (SSSR count). The highest BCUT2D eigenvalue weighted by atomic mass is 16.3. The number of nitrogens with zero attached hydrogens (tertiary/aromatic N) is 1. The first kappa shape index (κ1) is 11.2. The summed E-state index contributed by atoms with van der Waals surface area (Å²) in [5.74, 6) is 0.765. The van der Waals surface area contributed by atoms with E-state index in [-0.39, 0.29) is 11.8 Å². The van der Waals surface area contributed by atoms with Gasteiger partial charge in [0.25, 0.3) is 0 Å². The molecular weight excluding hydrogens is 230 g/mol. The maximum atomic E-state index is 12.0. The molecular formula is C13H15N3O2. The van der Waals surface area contributed by atoms with E-state index in [2.05, 4.69) is 15.6 Å². The highest BCUT2D eigenvalue weighted by Gasteiger charge is 2.22. The smallest absolute Gasteiger partial charge is 0.228 e. The van der Waals surface area contributed by atoms with Gasteiger partial charge in [-0.15, -0.1) is 0 Å². The van der Waals surface area contributed by atoms with Gasteiger partial charge in [-0.05, 0) is 25.1 Å². The highest BCUT2D eigenvalue weighted by molar-refractivity contribution is 5.94. The fourth-order valence-corrected chi connectivity index (χ4v) is 2.24. The van der Waals surface area contributed by atoms with E-state index in [0.717, 1.165) is 30.7 Å². The summed E-state index contributed by atoms with van der Waals surface area (Å²) in [5.41, 5.74) is 2.28. The Balaban J connectivity index is 1.79. The van der Waals surface area contributed by atoms with Gasteiger partial charge in [0.05, 0.1) is 5.92 Å². The maximum Gasteiger partial charge on any atom is 0.228 e. The lowest BCUT2D eigenvalue weighted by Crippen LogP contribution is -2.24. The Bertz CT molecular complexity index is 585. The van der Waals surface area contributed by atoms with Crippen LogP contribution in [0.2, 0.25) is 0 Å². The van der Waals surface area contributed by atoms with Gasteiger partial charge in [-0.25, -0.2) is 4.98 Å². The van der Waals surface area contributed by atoms with Crippen LogP contribution in [0.1, 0.15) is 12.3 Å². The van der Waals surface area contributed by atoms with E-state index in [0.29, 0.717) is 11.5 Å². The van der Waals surface area contributed by atoms with Crippen LogP contribution in [-0.2, 0) is 4.79 Å². The van der Waals surface area contributed by atoms with Gasteiger partial charge in [0, 0.05) is 25.2 Å². The van der Waals surface area contributed by atoms with E-state index in [1.165, 1.54) is 0 Å². The fourth-order valence-electron chi connectivity index (χ4n) is 2.24. The van der Waals surface area contributed by atoms with Crippen molar-refractivity contribution in [3.05, 3.63) is 24.1 Å². The molecule has 18 heavy (non-hydrogen) atoms. The number of oxazole rings is 1. The molecule has 0 saturated carbocycles. The molecule has 1 aliphatic rings. The van der Waals surface area contributed by atoms with Crippen LogP contribution in [0, 0.1) is 12.8 Å². The molecule has 94 valence electrons. The van der Waals surface area contributed by atoms with Gasteiger partial charge in [-0.2, -0.15) is 0 Å². The molecule has 1 aliphatic heterocycles. The molecule has 1 fully saturated rings. The second-order valence-corrected chi connectivity index (χ2v) is 4.59. The zero-order chi connectivity index (χ0) is 12.5. The van der Waals surface area contributed by atoms with Gasteiger partial charge in [-0.3, -0.25) is 4.79 Å². The number of hydrogen-bond acceptors (Lipinski definition) is 4. The number of amides is 1. The zero-order valence-corrected chi connectivity index (χ0v) is 10.2. The summed E-state index contributed by atoms with van der Waals surface area (Å²) >= 11 is 0. The monoisotopic (exact) mass is 245 g/mol. The largest absolute Gasteiger partial charge is 0.441 e. The average Bonchev–Trinajstić information content (AvgIpc) is 2.95. The Kier molecular flexibility index (Phi) is 2.76. The average molecular weight is 245 g/mol. The number of benzene rings is 1. The van der Waals surface area contributed by atoms with Crippen LogP contribution < -0.4 is 10.6 Å². The van der Waals surface area contributed by atoms with E-state index in [9.17, 15) is 4.79 Å². The van der Waals surface area contributed by atoms with Crippen molar-refractivity contribution in [1.82, 2.24) is 10.3 Å². The molecule has 1 amide bonds. The maximum absolute atomic E-state index is 12.0. The van der Waals surface area contributed by atoms with Crippen LogP contribution in [0.4, 0.5) is 5.69 Å². The standard InChI is InChI=1S/C13H15N3O2/c1-8-15-11-3-2-10(6-12(11)18-8)16-13(17)9-4-5-14-7-9/h2-3,6,9,14H,4-5,7H2,1H3,(H,16,17). The molecule has 1 atom stereocenters. The van der Waals surface area contributed by atoms with Gasteiger partial charge in [0.15, 0.2) is 11.5 Å². The molecule has 1 aromatic carbocycles. The van der Waals surface area contributed by atoms with Crippen LogP contribution in [0.5, 0.6) is 0 Å². The van der Waals surface area contributed by atoms with Crippen molar-refractivity contribution in [2.75, 3.05) is 18.4 Å². The van der Waals surface area contributed by atoms with E-state index in [1.54, 1.807) is 0 Å². The molecule has 0 aliphatic carbocycles. The minimum Gasteiger partial charge on any atom is -0.441 e. The van der Waals surface area contributed by atoms with Crippen molar-refractivity contribution in [2.24, 2.45) is 5.92 Å². The van der Waals surface area contributed by atoms with Crippen LogP contribution in [0.25, 0.3) is 11.1 Å². The number of nitrogens with one attached hydrogen (secondary N) is 2. The quantitative estimate of drug-likeness (QED) is 0.844. The minimum atomic E-state index is 0.0654. The number of carbonyl (C=O) groups excluding carboxylic acids is 1. The second kappa shape index (κ2) is 4.42. The predicted molar refractivity (Wildman–Crippen MR) is 68.4 cm³/mol. The van der Waals surface area contributed by atoms with Crippen LogP contribution in [0.15, 0.2) is 22.6 Å². The van der Waals surface area contributed by atoms with Gasteiger partial charge >= 0.3 is 0 Å². The number of aryl methyl sites for hydroxylation is 1. The molecule has 5 nitrogen and oxygen atoms in total. The molecule has 0 spiro atoms. The van der Waals surface area contributed by atoms with Crippen molar-refractivity contribution in [3.63, 3.8) is 0 Å². The summed E-state index contributed by atoms with van der Waals surface area (Å²) in [6.07, 6.45) is 0.898. The summed E-state index contributed by atoms with van der Waals surface area (Å²) in [6.45, 7) is 3.48. The van der Waals surface area contributed by atoms with E-state index in [1.807, 2.05) is 25.1 Å². The predicted octanol–water partition coefficient (Wildman–Crippen LogP) is 1.68. The summed E-state index contributed by atoms with van der Waals surface area (Å²) in [4.78, 5) is 16.2. The van der Waals surface area contributed by atoms with Crippen molar-refractivity contribution in [2.45, 2.75) is 13.3 Å². The lowest BCUT2D eigenvalue weighted by molar-refractivity contribution is -0.119. The van der Waals surface area contributed by atoms with Gasteiger partial charge < -0.3 is 15.1 Å². The van der Waals surface area contributed by atoms with Gasteiger partial charge in [-0.1, -0.05) is 0 Å². The number of rotatable bonds is 2. The molecule has 0 radical (unpaired) electrons. The molecule has 2 heterocycles. The highest BCUT2D eigenvalue weighted by Crippen LogP contribution is 2.20. The van der Waals surface area contributed by atoms with Crippen molar-refractivity contribution < 1.29 is 9.21 Å². The molecule has 1 unspecified atom stereocenters. The number of anilines is 1. The Morgan fingerprint density at radius 1 is 1.56 bits per heavy atom. The summed E-state index contributed by atoms with van der Waals surface area (Å²) in [5, 5.41) is 6.10. The molecule has 1 aromatic heterocycles. The summed E-state index contributed by atoms with van der Waals surface area (Å²) in [6, 6.07) is 5.52. The first-order valence-corrected chi connectivity index (χ1v) is 6.11. The van der Waals surface area contributed by atoms with E-state index < -0.39 is 0 Å². The normalized spacial score (nSPS) is 19.3. The first-order valence-electron chi connectivity index (χ1n) is 6.11. The number of fused-ring (bicyclic) bond motifs is 1. The lowest BCUT2D eigenvalue weighted by atomic mass is 10.1. The minimum absolute atomic E-state index is 0.0654. The van der Waals surface area contributed by atoms with Crippen LogP contribution >= 0.6 is 0 Å². The van der Waals surface area contributed by atoms with Crippen LogP contribution in [0.3, 0.4) is 0 Å². The SMILES string of the molecule is Cc1nc2ccc(NC(=O)C3CCNC3)cc2o1. The Labute approximate surface area is 105 Å². The van der Waals surface area contributed by atoms with Crippen molar-refractivity contribution in [1.29, 1.82) is 0 Å². The Morgan fingerprint density at radius 2 is 2.44 bits per heavy atom. The third-order valence-electron chi connectivity index (χ3n) is 3.19. The van der Waals surface area contributed by atoms with Crippen LogP contribution in [-0.4, -0.2) is 24.0 Å². The van der Waals surface area contributed by atoms with Gasteiger partial charge in [0.1, 0.15) is 5.52 Å².